The number of unbranched alkanes of at least 4 members (excludes halogenated alkanes) is 26. The highest BCUT2D eigenvalue weighted by molar-refractivity contribution is 5.69. The van der Waals surface area contributed by atoms with Crippen molar-refractivity contribution in [2.75, 3.05) is 26.4 Å². The molecule has 6 atom stereocenters. The van der Waals surface area contributed by atoms with Crippen LogP contribution in [0.4, 0.5) is 0 Å². The minimum Gasteiger partial charge on any atom is -0.457 e. The third kappa shape index (κ3) is 28.3. The number of carbonyl (C=O) groups excluding carboxylic acids is 1. The van der Waals surface area contributed by atoms with Crippen LogP contribution in [-0.2, 0) is 23.7 Å². The lowest BCUT2D eigenvalue weighted by Crippen LogP contribution is -2.59. The molecule has 1 aliphatic heterocycles. The van der Waals surface area contributed by atoms with Gasteiger partial charge in [0.1, 0.15) is 30.5 Å². The van der Waals surface area contributed by atoms with E-state index >= 15 is 0 Å². The third-order valence-electron chi connectivity index (χ3n) is 10.7. The topological polar surface area (TPSA) is 135 Å². The van der Waals surface area contributed by atoms with Crippen LogP contribution in [0, 0.1) is 0 Å². The van der Waals surface area contributed by atoms with E-state index in [-0.39, 0.29) is 19.2 Å². The van der Waals surface area contributed by atoms with Crippen LogP contribution in [-0.4, -0.2) is 89.6 Å². The van der Waals surface area contributed by atoms with Crippen molar-refractivity contribution >= 4 is 5.97 Å². The Labute approximate surface area is 331 Å². The van der Waals surface area contributed by atoms with E-state index in [1.807, 2.05) is 0 Å². The molecule has 54 heavy (non-hydrogen) atoms. The van der Waals surface area contributed by atoms with Gasteiger partial charge in [-0.1, -0.05) is 174 Å². The van der Waals surface area contributed by atoms with Crippen molar-refractivity contribution in [2.45, 2.75) is 243 Å². The number of allylic oxidation sites excluding steroid dienone is 2. The predicted octanol–water partition coefficient (Wildman–Crippen LogP) is 10.0. The summed E-state index contributed by atoms with van der Waals surface area (Å²) in [6, 6.07) is 0. The summed E-state index contributed by atoms with van der Waals surface area (Å²) in [7, 11) is 0. The first-order valence-corrected chi connectivity index (χ1v) is 22.8. The Morgan fingerprint density at radius 3 is 1.52 bits per heavy atom. The second kappa shape index (κ2) is 37.5. The molecule has 0 aromatic heterocycles. The van der Waals surface area contributed by atoms with Crippen LogP contribution in [0.2, 0.25) is 0 Å². The monoisotopic (exact) mass is 771 g/mol. The first-order chi connectivity index (χ1) is 26.4. The molecule has 0 aliphatic carbocycles. The number of aliphatic hydroxyl groups is 4. The van der Waals surface area contributed by atoms with Crippen molar-refractivity contribution < 1.29 is 44.2 Å². The van der Waals surface area contributed by atoms with E-state index in [0.717, 1.165) is 44.9 Å². The maximum Gasteiger partial charge on any atom is 0.306 e. The summed E-state index contributed by atoms with van der Waals surface area (Å²) in [6.07, 6.45) is 33.8. The van der Waals surface area contributed by atoms with E-state index in [9.17, 15) is 25.2 Å². The molecule has 0 radical (unpaired) electrons. The van der Waals surface area contributed by atoms with E-state index in [1.54, 1.807) is 0 Å². The molecule has 0 aromatic rings. The highest BCUT2D eigenvalue weighted by Crippen LogP contribution is 2.23. The Kier molecular flexibility index (Phi) is 35.4. The van der Waals surface area contributed by atoms with Crippen LogP contribution in [0.15, 0.2) is 12.2 Å². The Morgan fingerprint density at radius 1 is 0.574 bits per heavy atom. The van der Waals surface area contributed by atoms with Gasteiger partial charge in [-0.3, -0.25) is 4.79 Å². The minimum absolute atomic E-state index is 0.111. The smallest absolute Gasteiger partial charge is 0.306 e. The van der Waals surface area contributed by atoms with Crippen molar-refractivity contribution in [1.82, 2.24) is 0 Å². The SMILES string of the molecule is CCCCCC/C=C\CCCCCCCC(=O)OC(COCCCCCCCCCCCCCCCCCCCC)COC1OC(CO)C(O)C(O)C1O. The molecule has 0 saturated carbocycles. The van der Waals surface area contributed by atoms with E-state index < -0.39 is 43.4 Å². The van der Waals surface area contributed by atoms with E-state index in [4.69, 9.17) is 18.9 Å². The molecule has 0 aromatic carbocycles. The molecule has 9 nitrogen and oxygen atoms in total. The largest absolute Gasteiger partial charge is 0.457 e. The summed E-state index contributed by atoms with van der Waals surface area (Å²) < 4.78 is 22.8. The third-order valence-corrected chi connectivity index (χ3v) is 10.7. The van der Waals surface area contributed by atoms with Crippen molar-refractivity contribution in [1.29, 1.82) is 0 Å². The number of carbonyl (C=O) groups is 1. The van der Waals surface area contributed by atoms with Gasteiger partial charge in [-0.25, -0.2) is 0 Å². The molecule has 1 aliphatic rings. The summed E-state index contributed by atoms with van der Waals surface area (Å²) in [6.45, 7) is 4.57. The number of ether oxygens (including phenoxy) is 4. The van der Waals surface area contributed by atoms with Crippen molar-refractivity contribution in [3.05, 3.63) is 12.2 Å². The van der Waals surface area contributed by atoms with Crippen LogP contribution < -0.4 is 0 Å². The fourth-order valence-electron chi connectivity index (χ4n) is 7.08. The lowest BCUT2D eigenvalue weighted by Gasteiger charge is -2.39. The quantitative estimate of drug-likeness (QED) is 0.0274. The van der Waals surface area contributed by atoms with Crippen LogP contribution >= 0.6 is 0 Å². The Bertz CT molecular complexity index is 838. The van der Waals surface area contributed by atoms with Gasteiger partial charge < -0.3 is 39.4 Å². The number of aliphatic hydroxyl groups excluding tert-OH is 4. The molecule has 4 N–H and O–H groups in total. The van der Waals surface area contributed by atoms with Crippen LogP contribution in [0.3, 0.4) is 0 Å². The maximum atomic E-state index is 12.7. The van der Waals surface area contributed by atoms with Gasteiger partial charge >= 0.3 is 5.97 Å². The Balaban J connectivity index is 2.24. The Hall–Kier alpha value is -1.07. The zero-order chi connectivity index (χ0) is 39.3. The van der Waals surface area contributed by atoms with Gasteiger partial charge in [-0.15, -0.1) is 0 Å². The molecule has 9 heteroatoms. The van der Waals surface area contributed by atoms with Gasteiger partial charge in [0.25, 0.3) is 0 Å². The summed E-state index contributed by atoms with van der Waals surface area (Å²) in [5.74, 6) is -0.319. The number of hydrogen-bond donors (Lipinski definition) is 4. The molecular weight excluding hydrogens is 684 g/mol. The molecule has 1 saturated heterocycles. The normalized spacial score (nSPS) is 20.9. The average Bonchev–Trinajstić information content (AvgIpc) is 3.17. The van der Waals surface area contributed by atoms with Crippen LogP contribution in [0.1, 0.15) is 206 Å². The standard InChI is InChI=1S/C45H86O9/c1-3-5-7-9-11-13-15-17-18-19-20-21-23-25-27-29-31-33-35-51-37-39(38-52-45-44(50)43(49)42(48)40(36-46)54-45)53-41(47)34-32-30-28-26-24-22-16-14-12-10-8-6-4-2/h14,16,39-40,42-46,48-50H,3-13,15,17-38H2,1-2H3/b16-14-. The molecular formula is C45H86O9. The van der Waals surface area contributed by atoms with Crippen molar-refractivity contribution in [2.24, 2.45) is 0 Å². The van der Waals surface area contributed by atoms with Crippen LogP contribution in [0.5, 0.6) is 0 Å². The van der Waals surface area contributed by atoms with Crippen molar-refractivity contribution in [3.63, 3.8) is 0 Å². The van der Waals surface area contributed by atoms with E-state index in [2.05, 4.69) is 26.0 Å². The summed E-state index contributed by atoms with van der Waals surface area (Å²) in [5, 5.41) is 40.1. The number of hydrogen-bond acceptors (Lipinski definition) is 9. The van der Waals surface area contributed by atoms with Crippen LogP contribution in [0.25, 0.3) is 0 Å². The molecule has 1 fully saturated rings. The highest BCUT2D eigenvalue weighted by atomic mass is 16.7. The molecule has 1 heterocycles. The number of esters is 1. The fourth-order valence-corrected chi connectivity index (χ4v) is 7.08. The summed E-state index contributed by atoms with van der Waals surface area (Å²) in [4.78, 5) is 12.7. The average molecular weight is 771 g/mol. The maximum absolute atomic E-state index is 12.7. The zero-order valence-corrected chi connectivity index (χ0v) is 35.0. The lowest BCUT2D eigenvalue weighted by molar-refractivity contribution is -0.305. The summed E-state index contributed by atoms with van der Waals surface area (Å²) >= 11 is 0. The van der Waals surface area contributed by atoms with Gasteiger partial charge in [0.05, 0.1) is 19.8 Å². The second-order valence-electron chi connectivity index (χ2n) is 15.9. The second-order valence-corrected chi connectivity index (χ2v) is 15.9. The fraction of sp³-hybridized carbons (Fsp3) is 0.933. The minimum atomic E-state index is -1.53. The van der Waals surface area contributed by atoms with Gasteiger partial charge in [-0.05, 0) is 38.5 Å². The molecule has 0 amide bonds. The van der Waals surface area contributed by atoms with Crippen molar-refractivity contribution in [3.8, 4) is 0 Å². The molecule has 0 spiro atoms. The predicted molar refractivity (Wildman–Crippen MR) is 219 cm³/mol. The van der Waals surface area contributed by atoms with Gasteiger partial charge in [-0.2, -0.15) is 0 Å². The highest BCUT2D eigenvalue weighted by Gasteiger charge is 2.44. The molecule has 0 bridgehead atoms. The first kappa shape index (κ1) is 50.9. The zero-order valence-electron chi connectivity index (χ0n) is 35.0. The Morgan fingerprint density at radius 2 is 1.02 bits per heavy atom. The van der Waals surface area contributed by atoms with Gasteiger partial charge in [0.2, 0.25) is 0 Å². The lowest BCUT2D eigenvalue weighted by atomic mass is 9.99. The van der Waals surface area contributed by atoms with Gasteiger partial charge in [0.15, 0.2) is 6.29 Å². The molecule has 1 rings (SSSR count). The van der Waals surface area contributed by atoms with E-state index in [0.29, 0.717) is 13.0 Å². The number of rotatable bonds is 39. The van der Waals surface area contributed by atoms with Gasteiger partial charge in [0, 0.05) is 13.0 Å². The van der Waals surface area contributed by atoms with E-state index in [1.165, 1.54) is 141 Å². The molecule has 6 unspecified atom stereocenters. The first-order valence-electron chi connectivity index (χ1n) is 22.8. The molecule has 320 valence electrons. The summed E-state index contributed by atoms with van der Waals surface area (Å²) in [5.41, 5.74) is 0.